The van der Waals surface area contributed by atoms with Gasteiger partial charge in [-0.3, -0.25) is 0 Å². The molecule has 4 saturated carbocycles. The molecular formula is C22H37NO5. The van der Waals surface area contributed by atoms with Gasteiger partial charge in [-0.2, -0.15) is 0 Å². The summed E-state index contributed by atoms with van der Waals surface area (Å²) in [5.41, 5.74) is -3.22. The number of fused-ring (bicyclic) bond motifs is 2. The monoisotopic (exact) mass is 395 g/mol. The summed E-state index contributed by atoms with van der Waals surface area (Å²) >= 11 is 0. The Bertz CT molecular complexity index is 680. The summed E-state index contributed by atoms with van der Waals surface area (Å²) in [5, 5.41) is 33.7. The molecule has 0 heterocycles. The topological polar surface area (TPSA) is 90.2 Å². The average Bonchev–Trinajstić information content (AvgIpc) is 2.96. The van der Waals surface area contributed by atoms with Crippen molar-refractivity contribution in [2.24, 2.45) is 22.7 Å². The van der Waals surface area contributed by atoms with Crippen molar-refractivity contribution in [2.75, 3.05) is 14.1 Å². The first-order chi connectivity index (χ1) is 12.8. The molecule has 4 aliphatic carbocycles. The summed E-state index contributed by atoms with van der Waals surface area (Å²) in [5.74, 6) is 0.257. The van der Waals surface area contributed by atoms with Crippen LogP contribution in [0.5, 0.6) is 0 Å². The number of ether oxygens (including phenoxy) is 1. The molecule has 3 N–H and O–H groups in total. The highest BCUT2D eigenvalue weighted by atomic mass is 16.6. The van der Waals surface area contributed by atoms with Crippen LogP contribution in [0.15, 0.2) is 0 Å². The molecule has 4 fully saturated rings. The van der Waals surface area contributed by atoms with Gasteiger partial charge in [-0.05, 0) is 63.7 Å². The number of aliphatic hydroxyl groups is 3. The highest BCUT2D eigenvalue weighted by molar-refractivity contribution is 5.67. The Hall–Kier alpha value is -0.850. The summed E-state index contributed by atoms with van der Waals surface area (Å²) in [4.78, 5) is 13.9. The number of nitrogens with zero attached hydrogens (tertiary/aromatic N) is 1. The van der Waals surface area contributed by atoms with Crippen LogP contribution in [-0.4, -0.2) is 63.3 Å². The number of carbonyl (C=O) groups is 1. The van der Waals surface area contributed by atoms with Gasteiger partial charge in [0.2, 0.25) is 0 Å². The fraction of sp³-hybridized carbons (Fsp3) is 0.955. The zero-order valence-electron chi connectivity index (χ0n) is 18.0. The van der Waals surface area contributed by atoms with Crippen LogP contribution in [0.3, 0.4) is 0 Å². The second kappa shape index (κ2) is 5.86. The predicted octanol–water partition coefficient (Wildman–Crippen LogP) is 2.69. The molecule has 8 atom stereocenters. The van der Waals surface area contributed by atoms with Gasteiger partial charge in [-0.25, -0.2) is 4.79 Å². The molecule has 0 aromatic carbocycles. The summed E-state index contributed by atoms with van der Waals surface area (Å²) < 4.78 is 6.00. The van der Waals surface area contributed by atoms with Crippen LogP contribution in [0.4, 0.5) is 4.79 Å². The number of aliphatic hydroxyl groups excluding tert-OH is 1. The molecule has 1 amide bonds. The molecule has 4 rings (SSSR count). The quantitative estimate of drug-likeness (QED) is 0.635. The van der Waals surface area contributed by atoms with E-state index in [1.165, 1.54) is 4.90 Å². The molecule has 6 heteroatoms. The molecule has 2 bridgehead atoms. The lowest BCUT2D eigenvalue weighted by atomic mass is 9.38. The van der Waals surface area contributed by atoms with Crippen molar-refractivity contribution >= 4 is 6.09 Å². The number of hydrogen-bond donors (Lipinski definition) is 3. The molecular weight excluding hydrogens is 358 g/mol. The summed E-state index contributed by atoms with van der Waals surface area (Å²) in [7, 11) is 3.35. The molecule has 160 valence electrons. The molecule has 6 nitrogen and oxygen atoms in total. The van der Waals surface area contributed by atoms with Crippen LogP contribution >= 0.6 is 0 Å². The Balaban J connectivity index is 1.77. The Labute approximate surface area is 168 Å². The Morgan fingerprint density at radius 1 is 1.04 bits per heavy atom. The zero-order valence-corrected chi connectivity index (χ0v) is 18.0. The van der Waals surface area contributed by atoms with Gasteiger partial charge >= 0.3 is 6.09 Å². The molecule has 0 aromatic rings. The van der Waals surface area contributed by atoms with Crippen molar-refractivity contribution in [3.63, 3.8) is 0 Å². The lowest BCUT2D eigenvalue weighted by Crippen LogP contribution is -2.71. The molecule has 0 aromatic heterocycles. The number of rotatable bonds is 1. The van der Waals surface area contributed by atoms with E-state index in [9.17, 15) is 20.1 Å². The van der Waals surface area contributed by atoms with E-state index in [4.69, 9.17) is 4.74 Å². The standard InChI is InChI=1S/C22H37NO5/c1-18-11-15(24)12-20(3,28-17(25)23(4)5)16(18)7-9-22(27)13-19(2,26)14-6-8-21(18,22)10-14/h14-16,24,26-27H,6-13H2,1-5H3/t14-,15+,16-,18+,19+,20-,21+,22-/m1/s1. The van der Waals surface area contributed by atoms with Crippen molar-refractivity contribution in [2.45, 2.75) is 95.0 Å². The number of amides is 1. The molecule has 0 radical (unpaired) electrons. The first-order valence-corrected chi connectivity index (χ1v) is 10.8. The average molecular weight is 396 g/mol. The minimum absolute atomic E-state index is 0.0781. The van der Waals surface area contributed by atoms with E-state index < -0.39 is 22.9 Å². The smallest absolute Gasteiger partial charge is 0.409 e. The minimum atomic E-state index is -0.932. The molecule has 0 unspecified atom stereocenters. The summed E-state index contributed by atoms with van der Waals surface area (Å²) in [6.07, 6.45) is 4.40. The third-order valence-electron chi connectivity index (χ3n) is 9.37. The first kappa shape index (κ1) is 20.4. The van der Waals surface area contributed by atoms with Crippen LogP contribution in [-0.2, 0) is 4.74 Å². The lowest BCUT2D eigenvalue weighted by molar-refractivity contribution is -0.289. The normalized spacial score (nSPS) is 55.2. The fourth-order valence-corrected chi connectivity index (χ4v) is 8.21. The third kappa shape index (κ3) is 2.46. The van der Waals surface area contributed by atoms with Crippen molar-refractivity contribution in [1.82, 2.24) is 4.90 Å². The fourth-order valence-electron chi connectivity index (χ4n) is 8.21. The summed E-state index contributed by atoms with van der Waals surface area (Å²) in [6, 6.07) is 0. The van der Waals surface area contributed by atoms with Gasteiger partial charge in [0, 0.05) is 38.3 Å². The van der Waals surface area contributed by atoms with Crippen LogP contribution in [0.2, 0.25) is 0 Å². The summed E-state index contributed by atoms with van der Waals surface area (Å²) in [6.45, 7) is 6.04. The second-order valence-corrected chi connectivity index (χ2v) is 11.2. The van der Waals surface area contributed by atoms with Crippen LogP contribution in [0.1, 0.15) is 72.1 Å². The largest absolute Gasteiger partial charge is 0.443 e. The van der Waals surface area contributed by atoms with Crippen LogP contribution < -0.4 is 0 Å². The van der Waals surface area contributed by atoms with Gasteiger partial charge in [0.15, 0.2) is 0 Å². The van der Waals surface area contributed by atoms with Crippen molar-refractivity contribution in [3.05, 3.63) is 0 Å². The van der Waals surface area contributed by atoms with Crippen molar-refractivity contribution < 1.29 is 24.9 Å². The van der Waals surface area contributed by atoms with Gasteiger partial charge < -0.3 is 25.0 Å². The number of carbonyl (C=O) groups excluding carboxylic acids is 1. The van der Waals surface area contributed by atoms with E-state index >= 15 is 0 Å². The van der Waals surface area contributed by atoms with Gasteiger partial charge in [0.25, 0.3) is 0 Å². The Morgan fingerprint density at radius 3 is 2.36 bits per heavy atom. The first-order valence-electron chi connectivity index (χ1n) is 10.8. The molecule has 4 aliphatic rings. The SMILES string of the molecule is CN(C)C(=O)O[C@]1(C)C[C@@H](O)C[C@@]2(C)[C@H]1CC[C@@]1(O)C[C@](C)(O)[C@@H]3CC[C@@]12C3. The highest BCUT2D eigenvalue weighted by Crippen LogP contribution is 2.75. The minimum Gasteiger partial charge on any atom is -0.443 e. The maximum atomic E-state index is 12.4. The maximum Gasteiger partial charge on any atom is 0.409 e. The van der Waals surface area contributed by atoms with Gasteiger partial charge in [0.1, 0.15) is 5.60 Å². The molecule has 0 aliphatic heterocycles. The van der Waals surface area contributed by atoms with E-state index in [1.54, 1.807) is 14.1 Å². The van der Waals surface area contributed by atoms with Gasteiger partial charge in [-0.15, -0.1) is 0 Å². The van der Waals surface area contributed by atoms with E-state index in [0.29, 0.717) is 25.7 Å². The predicted molar refractivity (Wildman–Crippen MR) is 105 cm³/mol. The van der Waals surface area contributed by atoms with Crippen LogP contribution in [0.25, 0.3) is 0 Å². The maximum absolute atomic E-state index is 12.4. The third-order valence-corrected chi connectivity index (χ3v) is 9.37. The molecule has 1 spiro atoms. The van der Waals surface area contributed by atoms with Gasteiger partial charge in [-0.1, -0.05) is 6.92 Å². The van der Waals surface area contributed by atoms with Crippen molar-refractivity contribution in [1.29, 1.82) is 0 Å². The molecule has 28 heavy (non-hydrogen) atoms. The lowest BCUT2D eigenvalue weighted by Gasteiger charge is -2.69. The van der Waals surface area contributed by atoms with Crippen molar-refractivity contribution in [3.8, 4) is 0 Å². The highest BCUT2D eigenvalue weighted by Gasteiger charge is 2.75. The van der Waals surface area contributed by atoms with E-state index in [2.05, 4.69) is 6.92 Å². The van der Waals surface area contributed by atoms with E-state index in [0.717, 1.165) is 25.7 Å². The zero-order chi connectivity index (χ0) is 20.8. The second-order valence-electron chi connectivity index (χ2n) is 11.2. The Kier molecular flexibility index (Phi) is 4.27. The number of hydrogen-bond acceptors (Lipinski definition) is 5. The van der Waals surface area contributed by atoms with Crippen LogP contribution in [0, 0.1) is 22.7 Å². The molecule has 0 saturated heterocycles. The Morgan fingerprint density at radius 2 is 1.71 bits per heavy atom. The van der Waals surface area contributed by atoms with E-state index in [1.807, 2.05) is 13.8 Å². The van der Waals surface area contributed by atoms with E-state index in [-0.39, 0.29) is 28.8 Å². The van der Waals surface area contributed by atoms with Gasteiger partial charge in [0.05, 0.1) is 17.3 Å².